The van der Waals surface area contributed by atoms with E-state index in [1.54, 1.807) is 6.34 Å². The quantitative estimate of drug-likeness (QED) is 0.812. The molecule has 1 saturated heterocycles. The fourth-order valence-electron chi connectivity index (χ4n) is 4.67. The molecule has 6 nitrogen and oxygen atoms in total. The molecule has 2 aliphatic heterocycles. The van der Waals surface area contributed by atoms with E-state index in [9.17, 15) is 0 Å². The van der Waals surface area contributed by atoms with Crippen molar-refractivity contribution in [2.75, 3.05) is 19.6 Å². The molecule has 1 aromatic rings. The minimum Gasteiger partial charge on any atom is -0.373 e. The second-order valence-electron chi connectivity index (χ2n) is 8.28. The summed E-state index contributed by atoms with van der Waals surface area (Å²) in [5.74, 6) is 3.79. The molecule has 1 N–H and O–H groups in total. The lowest BCUT2D eigenvalue weighted by molar-refractivity contribution is -0.0851. The third-order valence-electron chi connectivity index (χ3n) is 6.04. The molecule has 0 bridgehead atoms. The van der Waals surface area contributed by atoms with Crippen LogP contribution in [0.1, 0.15) is 45.1 Å². The second-order valence-corrected chi connectivity index (χ2v) is 8.28. The Labute approximate surface area is 166 Å². The van der Waals surface area contributed by atoms with Crippen molar-refractivity contribution in [2.24, 2.45) is 20.9 Å². The molecule has 1 aliphatic carbocycles. The molecule has 4 rings (SSSR count). The molecule has 0 aromatic heterocycles. The summed E-state index contributed by atoms with van der Waals surface area (Å²) in [6, 6.07) is 6.35. The molecule has 2 unspecified atom stereocenters. The lowest BCUT2D eigenvalue weighted by atomic mass is 9.85. The molecule has 28 heavy (non-hydrogen) atoms. The van der Waals surface area contributed by atoms with Crippen LogP contribution in [0.2, 0.25) is 0 Å². The SMILES string of the molecule is CC1CN(C2CCC(CN=C3N=CN=c4ccc(=C=N)cc43)CC2)CC(C)O1. The fraction of sp³-hybridized carbons (Fsp3) is 0.591. The number of amidine groups is 1. The highest BCUT2D eigenvalue weighted by atomic mass is 16.5. The van der Waals surface area contributed by atoms with Crippen LogP contribution in [0.3, 0.4) is 0 Å². The topological polar surface area (TPSA) is 73.4 Å². The fourth-order valence-corrected chi connectivity index (χ4v) is 4.67. The van der Waals surface area contributed by atoms with E-state index in [0.717, 1.165) is 41.6 Å². The van der Waals surface area contributed by atoms with Gasteiger partial charge in [-0.05, 0) is 69.5 Å². The van der Waals surface area contributed by atoms with Crippen molar-refractivity contribution in [3.05, 3.63) is 34.3 Å². The maximum atomic E-state index is 7.35. The van der Waals surface area contributed by atoms with E-state index in [0.29, 0.717) is 24.2 Å². The average molecular weight is 380 g/mol. The first kappa shape index (κ1) is 19.2. The van der Waals surface area contributed by atoms with Crippen molar-refractivity contribution in [1.29, 1.82) is 5.41 Å². The van der Waals surface area contributed by atoms with Gasteiger partial charge in [-0.1, -0.05) is 0 Å². The number of hydrogen-bond donors (Lipinski definition) is 1. The van der Waals surface area contributed by atoms with Crippen LogP contribution in [0.25, 0.3) is 0 Å². The van der Waals surface area contributed by atoms with Gasteiger partial charge in [0, 0.05) is 36.5 Å². The van der Waals surface area contributed by atoms with Crippen LogP contribution in [-0.2, 0) is 4.74 Å². The minimum absolute atomic E-state index is 0.339. The van der Waals surface area contributed by atoms with E-state index in [1.807, 2.05) is 18.2 Å². The van der Waals surface area contributed by atoms with Gasteiger partial charge >= 0.3 is 0 Å². The summed E-state index contributed by atoms with van der Waals surface area (Å²) in [5, 5.41) is 8.94. The second kappa shape index (κ2) is 8.48. The minimum atomic E-state index is 0.339. The molecule has 1 saturated carbocycles. The molecule has 148 valence electrons. The van der Waals surface area contributed by atoms with Gasteiger partial charge in [0.2, 0.25) is 0 Å². The Morgan fingerprint density at radius 3 is 2.64 bits per heavy atom. The van der Waals surface area contributed by atoms with Crippen molar-refractivity contribution >= 4 is 18.0 Å². The highest BCUT2D eigenvalue weighted by Crippen LogP contribution is 2.29. The number of fused-ring (bicyclic) bond motifs is 1. The van der Waals surface area contributed by atoms with Gasteiger partial charge in [0.1, 0.15) is 6.34 Å². The summed E-state index contributed by atoms with van der Waals surface area (Å²) in [7, 11) is 0. The lowest BCUT2D eigenvalue weighted by Gasteiger charge is -2.42. The van der Waals surface area contributed by atoms with Gasteiger partial charge < -0.3 is 4.74 Å². The van der Waals surface area contributed by atoms with E-state index >= 15 is 0 Å². The van der Waals surface area contributed by atoms with Crippen molar-refractivity contribution in [2.45, 2.75) is 57.8 Å². The Balaban J connectivity index is 1.37. The third-order valence-corrected chi connectivity index (χ3v) is 6.04. The van der Waals surface area contributed by atoms with Crippen molar-refractivity contribution < 1.29 is 4.74 Å². The van der Waals surface area contributed by atoms with Gasteiger partial charge in [-0.2, -0.15) is 0 Å². The first-order valence-electron chi connectivity index (χ1n) is 10.4. The number of rotatable bonds is 3. The number of aliphatic imine (C=N–C) groups is 2. The van der Waals surface area contributed by atoms with E-state index in [-0.39, 0.29) is 0 Å². The monoisotopic (exact) mass is 379 g/mol. The Kier molecular flexibility index (Phi) is 5.81. The lowest BCUT2D eigenvalue weighted by Crippen LogP contribution is -2.51. The third kappa shape index (κ3) is 4.30. The van der Waals surface area contributed by atoms with Crippen LogP contribution in [0.4, 0.5) is 0 Å². The zero-order valence-electron chi connectivity index (χ0n) is 16.8. The summed E-state index contributed by atoms with van der Waals surface area (Å²) in [5.41, 5.74) is 0.907. The zero-order chi connectivity index (χ0) is 19.5. The van der Waals surface area contributed by atoms with Crippen LogP contribution in [0, 0.1) is 11.3 Å². The van der Waals surface area contributed by atoms with Crippen LogP contribution in [-0.4, -0.2) is 60.8 Å². The predicted octanol–water partition coefficient (Wildman–Crippen LogP) is 1.68. The first-order valence-corrected chi connectivity index (χ1v) is 10.4. The number of ether oxygens (including phenoxy) is 1. The molecule has 0 spiro atoms. The van der Waals surface area contributed by atoms with Crippen molar-refractivity contribution in [3.8, 4) is 0 Å². The molecule has 0 amide bonds. The first-order chi connectivity index (χ1) is 13.6. The molecule has 0 radical (unpaired) electrons. The maximum absolute atomic E-state index is 7.35. The zero-order valence-corrected chi connectivity index (χ0v) is 16.8. The Morgan fingerprint density at radius 2 is 1.93 bits per heavy atom. The summed E-state index contributed by atoms with van der Waals surface area (Å²) < 4.78 is 5.88. The highest BCUT2D eigenvalue weighted by molar-refractivity contribution is 6.04. The summed E-state index contributed by atoms with van der Waals surface area (Å²) in [6.45, 7) is 7.29. The molecule has 6 heteroatoms. The predicted molar refractivity (Wildman–Crippen MR) is 111 cm³/mol. The smallest absolute Gasteiger partial charge is 0.158 e. The van der Waals surface area contributed by atoms with Crippen molar-refractivity contribution in [1.82, 2.24) is 4.90 Å². The van der Waals surface area contributed by atoms with Crippen LogP contribution < -0.4 is 10.6 Å². The van der Waals surface area contributed by atoms with Crippen LogP contribution in [0.15, 0.2) is 33.2 Å². The molecule has 2 heterocycles. The number of morpholine rings is 1. The van der Waals surface area contributed by atoms with Gasteiger partial charge in [0.25, 0.3) is 0 Å². The molecule has 1 aromatic carbocycles. The summed E-state index contributed by atoms with van der Waals surface area (Å²) in [4.78, 5) is 16.2. The molecule has 2 fully saturated rings. The van der Waals surface area contributed by atoms with E-state index in [2.05, 4.69) is 34.6 Å². The van der Waals surface area contributed by atoms with E-state index < -0.39 is 0 Å². The van der Waals surface area contributed by atoms with Crippen LogP contribution in [0.5, 0.6) is 0 Å². The molecular formula is C22H29N5O. The average Bonchev–Trinajstić information content (AvgIpc) is 2.71. The Morgan fingerprint density at radius 1 is 1.18 bits per heavy atom. The van der Waals surface area contributed by atoms with Gasteiger partial charge in [-0.3, -0.25) is 15.3 Å². The normalized spacial score (nSPS) is 31.9. The summed E-state index contributed by atoms with van der Waals surface area (Å²) in [6.07, 6.45) is 7.19. The number of nitrogens with zero attached hydrogens (tertiary/aromatic N) is 4. The van der Waals surface area contributed by atoms with Crippen molar-refractivity contribution in [3.63, 3.8) is 0 Å². The van der Waals surface area contributed by atoms with Crippen LogP contribution >= 0.6 is 0 Å². The van der Waals surface area contributed by atoms with Gasteiger partial charge in [0.05, 0.1) is 17.6 Å². The van der Waals surface area contributed by atoms with Gasteiger partial charge in [-0.25, -0.2) is 9.98 Å². The number of benzene rings is 1. The molecule has 2 atom stereocenters. The number of nitrogens with one attached hydrogen (secondary N) is 1. The molecule has 3 aliphatic rings. The van der Waals surface area contributed by atoms with Gasteiger partial charge in [0.15, 0.2) is 5.84 Å². The van der Waals surface area contributed by atoms with E-state index in [1.165, 1.54) is 25.7 Å². The maximum Gasteiger partial charge on any atom is 0.158 e. The van der Waals surface area contributed by atoms with E-state index in [4.69, 9.17) is 15.1 Å². The summed E-state index contributed by atoms with van der Waals surface area (Å²) >= 11 is 0. The van der Waals surface area contributed by atoms with Gasteiger partial charge in [-0.15, -0.1) is 0 Å². The highest BCUT2D eigenvalue weighted by Gasteiger charge is 2.31. The largest absolute Gasteiger partial charge is 0.373 e. The standard InChI is InChI=1S/C22H29N5O/c1-15-12-27(13-16(2)28-15)19-6-3-17(4-7-19)11-24-22-20-9-18(10-23)5-8-21(20)25-14-26-22/h5,8-9,14-17,19,23H,3-4,6-7,11-13H2,1-2H3. The number of hydrogen-bond acceptors (Lipinski definition) is 5. The Hall–Kier alpha value is -2.14. The molecular weight excluding hydrogens is 350 g/mol. The Bertz CT molecular complexity index is 899.